The van der Waals surface area contributed by atoms with E-state index >= 15 is 0 Å². The van der Waals surface area contributed by atoms with Gasteiger partial charge in [-0.25, -0.2) is 0 Å². The Kier molecular flexibility index (Phi) is 13.0. The standard InChI is InChI=1S/C46H43N2OSi.C15H15FN.Ir/c1-29(2)39-26-34(32-20-23-35(24-21-32)50(5,6)7)27-40(30(3)4)44(39)48-42-19-12-11-18-41(42)47-46(48)38-17-13-16-37-36-25-22-33(28-43(36)49-45(37)38)31-14-9-8-10-15-31;1-15(2,3)12-6-9-14(17-10-12)11-4-7-13(16)8-5-11;/h8-16,18-30H,1-7H3;4,6-10H,1-3H3;/q2*-1;/i29D,30D;;. The van der Waals surface area contributed by atoms with Crippen molar-refractivity contribution in [2.75, 3.05) is 0 Å². The van der Waals surface area contributed by atoms with Crippen LogP contribution >= 0.6 is 0 Å². The fraction of sp³-hybridized carbons (Fsp3) is 0.213. The minimum absolute atomic E-state index is 0. The second kappa shape index (κ2) is 19.4. The second-order valence-corrected chi connectivity index (χ2v) is 25.0. The zero-order chi connectivity index (χ0) is 49.0. The average Bonchev–Trinajstić information content (AvgIpc) is 3.89. The smallest absolute Gasteiger partial charge is 0.121 e. The van der Waals surface area contributed by atoms with E-state index in [0.717, 1.165) is 83.3 Å². The number of imidazole rings is 1. The minimum Gasteiger partial charge on any atom is -0.501 e. The molecule has 68 heavy (non-hydrogen) atoms. The van der Waals surface area contributed by atoms with Crippen molar-refractivity contribution in [1.29, 1.82) is 0 Å². The number of nitrogens with zero attached hydrogens (tertiary/aromatic N) is 3. The first-order valence-electron chi connectivity index (χ1n) is 24.0. The van der Waals surface area contributed by atoms with Crippen LogP contribution in [0.2, 0.25) is 19.6 Å². The van der Waals surface area contributed by atoms with Crippen LogP contribution in [0.5, 0.6) is 0 Å². The number of pyridine rings is 1. The van der Waals surface area contributed by atoms with Crippen LogP contribution in [0.25, 0.3) is 83.6 Å². The monoisotopic (exact) mass is 1090 g/mol. The second-order valence-electron chi connectivity index (χ2n) is 19.9. The van der Waals surface area contributed by atoms with E-state index in [1.54, 1.807) is 6.07 Å². The SMILES string of the molecule is CC(C)(C)c1ccc(-c2[c-]cc(F)cc2)nc1.[2H]C(C)(C)c1cc(-c2ccc([Si](C)(C)C)cc2)cc(C([2H])(C)C)c1-n1c(-c2[c-]ccc3c2oc2cc(-c4ccccc4)ccc23)nc2ccccc21.[Ir]. The third-order valence-electron chi connectivity index (χ3n) is 12.5. The molecule has 1 radical (unpaired) electrons. The van der Waals surface area contributed by atoms with E-state index < -0.39 is 19.9 Å². The zero-order valence-electron chi connectivity index (χ0n) is 42.5. The number of rotatable bonds is 8. The third-order valence-corrected chi connectivity index (χ3v) is 14.6. The van der Waals surface area contributed by atoms with Crippen LogP contribution in [0.3, 0.4) is 0 Å². The van der Waals surface area contributed by atoms with Crippen LogP contribution in [-0.4, -0.2) is 22.6 Å². The first-order valence-corrected chi connectivity index (χ1v) is 26.5. The molecule has 4 nitrogen and oxygen atoms in total. The molecule has 3 heterocycles. The predicted molar refractivity (Wildman–Crippen MR) is 282 cm³/mol. The van der Waals surface area contributed by atoms with Gasteiger partial charge >= 0.3 is 0 Å². The quantitative estimate of drug-likeness (QED) is 0.112. The molecule has 10 aromatic rings. The van der Waals surface area contributed by atoms with Crippen molar-refractivity contribution in [1.82, 2.24) is 14.5 Å². The van der Waals surface area contributed by atoms with Crippen molar-refractivity contribution in [2.24, 2.45) is 0 Å². The van der Waals surface area contributed by atoms with Gasteiger partial charge in [-0.1, -0.05) is 175 Å². The van der Waals surface area contributed by atoms with Gasteiger partial charge in [-0.05, 0) is 92.2 Å². The Bertz CT molecular complexity index is 3430. The largest absolute Gasteiger partial charge is 0.501 e. The van der Waals surface area contributed by atoms with E-state index in [2.05, 4.69) is 147 Å². The summed E-state index contributed by atoms with van der Waals surface area (Å²) in [4.78, 5) is 9.65. The van der Waals surface area contributed by atoms with Crippen LogP contribution in [-0.2, 0) is 25.5 Å². The summed E-state index contributed by atoms with van der Waals surface area (Å²) in [5.74, 6) is -1.62. The topological polar surface area (TPSA) is 43.9 Å². The van der Waals surface area contributed by atoms with Crippen molar-refractivity contribution in [3.05, 3.63) is 192 Å². The zero-order valence-corrected chi connectivity index (χ0v) is 43.9. The first kappa shape index (κ1) is 45.5. The Morgan fingerprint density at radius 2 is 1.35 bits per heavy atom. The van der Waals surface area contributed by atoms with Gasteiger partial charge in [-0.3, -0.25) is 9.37 Å². The van der Waals surface area contributed by atoms with E-state index in [9.17, 15) is 7.13 Å². The van der Waals surface area contributed by atoms with Gasteiger partial charge in [-0.2, -0.15) is 0 Å². The fourth-order valence-corrected chi connectivity index (χ4v) is 9.83. The average molecular weight is 1090 g/mol. The summed E-state index contributed by atoms with van der Waals surface area (Å²) in [5.41, 5.74) is 13.6. The summed E-state index contributed by atoms with van der Waals surface area (Å²) in [6, 6.07) is 56.8. The van der Waals surface area contributed by atoms with Crippen LogP contribution < -0.4 is 5.19 Å². The maximum absolute atomic E-state index is 12.8. The molecular weight excluding hydrogens is 1030 g/mol. The molecule has 0 fully saturated rings. The molecule has 0 unspecified atom stereocenters. The molecule has 0 saturated carbocycles. The number of fused-ring (bicyclic) bond motifs is 4. The Balaban J connectivity index is 0.000000309. The summed E-state index contributed by atoms with van der Waals surface area (Å²) in [6.45, 7) is 21.2. The van der Waals surface area contributed by atoms with E-state index in [1.165, 1.54) is 22.9 Å². The van der Waals surface area contributed by atoms with Crippen LogP contribution in [0, 0.1) is 17.9 Å². The number of furan rings is 1. The number of hydrogen-bond acceptors (Lipinski definition) is 3. The van der Waals surface area contributed by atoms with Crippen molar-refractivity contribution < 1.29 is 31.7 Å². The van der Waals surface area contributed by atoms with Gasteiger partial charge in [0, 0.05) is 45.9 Å². The normalized spacial score (nSPS) is 12.6. The summed E-state index contributed by atoms with van der Waals surface area (Å²) in [6.07, 6.45) is 1.87. The number of aromatic nitrogens is 3. The molecule has 0 aliphatic carbocycles. The number of hydrogen-bond donors (Lipinski definition) is 0. The predicted octanol–water partition coefficient (Wildman–Crippen LogP) is 16.5. The van der Waals surface area contributed by atoms with E-state index in [1.807, 2.05) is 82.4 Å². The Labute approximate surface area is 418 Å². The molecule has 0 spiro atoms. The van der Waals surface area contributed by atoms with Crippen molar-refractivity contribution >= 4 is 46.2 Å². The maximum atomic E-state index is 12.8. The van der Waals surface area contributed by atoms with E-state index in [0.29, 0.717) is 11.4 Å². The van der Waals surface area contributed by atoms with Gasteiger partial charge in [0.25, 0.3) is 0 Å². The molecule has 0 aliphatic rings. The van der Waals surface area contributed by atoms with E-state index in [-0.39, 0.29) is 31.3 Å². The number of halogens is 1. The first-order chi connectivity index (χ1) is 32.6. The summed E-state index contributed by atoms with van der Waals surface area (Å²) in [7, 11) is -1.48. The molecule has 0 saturated heterocycles. The van der Waals surface area contributed by atoms with Gasteiger partial charge in [-0.15, -0.1) is 48.0 Å². The Hall–Kier alpha value is -6.24. The molecule has 0 aliphatic heterocycles. The molecule has 0 N–H and O–H groups in total. The Morgan fingerprint density at radius 1 is 0.691 bits per heavy atom. The fourth-order valence-electron chi connectivity index (χ4n) is 8.67. The summed E-state index contributed by atoms with van der Waals surface area (Å²) in [5, 5.41) is 3.41. The molecule has 7 aromatic carbocycles. The third kappa shape index (κ3) is 9.71. The van der Waals surface area contributed by atoms with Gasteiger partial charge in [0.1, 0.15) is 5.58 Å². The van der Waals surface area contributed by atoms with Gasteiger partial charge < -0.3 is 14.0 Å². The van der Waals surface area contributed by atoms with Gasteiger partial charge in [0.05, 0.1) is 30.5 Å². The van der Waals surface area contributed by atoms with Gasteiger partial charge in [0.2, 0.25) is 0 Å². The van der Waals surface area contributed by atoms with Crippen LogP contribution in [0.15, 0.2) is 162 Å². The molecule has 0 bridgehead atoms. The van der Waals surface area contributed by atoms with Crippen LogP contribution in [0.4, 0.5) is 4.39 Å². The number of para-hydroxylation sites is 2. The molecule has 0 amide bonds. The molecule has 7 heteroatoms. The van der Waals surface area contributed by atoms with E-state index in [4.69, 9.17) is 9.40 Å². The van der Waals surface area contributed by atoms with Crippen LogP contribution in [0.1, 0.15) is 79.7 Å². The molecule has 345 valence electrons. The van der Waals surface area contributed by atoms with Crippen molar-refractivity contribution in [2.45, 2.75) is 85.3 Å². The molecular formula is C61H58FIrN3OSi-2. The maximum Gasteiger partial charge on any atom is 0.121 e. The number of benzene rings is 7. The molecule has 0 atom stereocenters. The molecule has 3 aromatic heterocycles. The van der Waals surface area contributed by atoms with Crippen molar-refractivity contribution in [3.8, 4) is 50.6 Å². The summed E-state index contributed by atoms with van der Waals surface area (Å²) < 4.78 is 40.8. The van der Waals surface area contributed by atoms with Crippen molar-refractivity contribution in [3.63, 3.8) is 0 Å². The Morgan fingerprint density at radius 3 is 1.97 bits per heavy atom. The summed E-state index contributed by atoms with van der Waals surface area (Å²) >= 11 is 0. The minimum atomic E-state index is -1.48. The van der Waals surface area contributed by atoms with Gasteiger partial charge in [0.15, 0.2) is 0 Å². The molecule has 10 rings (SSSR count).